The molecule has 0 aliphatic rings. The van der Waals surface area contributed by atoms with Gasteiger partial charge >= 0.3 is 0 Å². The second-order valence-electron chi connectivity index (χ2n) is 7.06. The quantitative estimate of drug-likeness (QED) is 0.360. The zero-order valence-electron chi connectivity index (χ0n) is 17.3. The second-order valence-corrected chi connectivity index (χ2v) is 10.7. The molecule has 2 N–H and O–H groups in total. The Bertz CT molecular complexity index is 1200. The lowest BCUT2D eigenvalue weighted by Gasteiger charge is -2.10. The zero-order valence-corrected chi connectivity index (χ0v) is 20.4. The van der Waals surface area contributed by atoms with Crippen LogP contribution in [0.5, 0.6) is 0 Å². The van der Waals surface area contributed by atoms with Crippen LogP contribution >= 0.6 is 35.0 Å². The SMILES string of the molecule is Cc1ccc(S(=O)(=O)Nc2cccc(C(=O)NCCSCc3ccc(Cl)c(Cl)c3)c2)cc1. The van der Waals surface area contributed by atoms with Crippen molar-refractivity contribution < 1.29 is 13.2 Å². The molecule has 0 bridgehead atoms. The fraction of sp³-hybridized carbons (Fsp3) is 0.174. The molecule has 0 unspecified atom stereocenters. The van der Waals surface area contributed by atoms with Gasteiger partial charge in [-0.15, -0.1) is 0 Å². The normalized spacial score (nSPS) is 11.2. The zero-order chi connectivity index (χ0) is 23.1. The topological polar surface area (TPSA) is 75.3 Å². The molecule has 168 valence electrons. The Balaban J connectivity index is 1.51. The van der Waals surface area contributed by atoms with E-state index in [1.165, 1.54) is 6.07 Å². The van der Waals surface area contributed by atoms with E-state index in [0.29, 0.717) is 33.6 Å². The third-order valence-electron chi connectivity index (χ3n) is 4.49. The molecule has 0 atom stereocenters. The number of carbonyl (C=O) groups excluding carboxylic acids is 1. The van der Waals surface area contributed by atoms with E-state index >= 15 is 0 Å². The molecular weight excluding hydrogens is 487 g/mol. The van der Waals surface area contributed by atoms with E-state index in [9.17, 15) is 13.2 Å². The summed E-state index contributed by atoms with van der Waals surface area (Å²) in [5, 5.41) is 3.90. The Labute approximate surface area is 202 Å². The molecule has 3 aromatic carbocycles. The maximum atomic E-state index is 12.6. The van der Waals surface area contributed by atoms with Crippen molar-refractivity contribution in [2.75, 3.05) is 17.0 Å². The number of aryl methyl sites for hydroxylation is 1. The molecule has 0 saturated heterocycles. The number of amides is 1. The van der Waals surface area contributed by atoms with Crippen molar-refractivity contribution in [3.63, 3.8) is 0 Å². The van der Waals surface area contributed by atoms with E-state index in [-0.39, 0.29) is 10.8 Å². The largest absolute Gasteiger partial charge is 0.351 e. The van der Waals surface area contributed by atoms with Crippen LogP contribution in [-0.2, 0) is 15.8 Å². The molecule has 32 heavy (non-hydrogen) atoms. The molecule has 0 radical (unpaired) electrons. The number of rotatable bonds is 9. The number of hydrogen-bond acceptors (Lipinski definition) is 4. The lowest BCUT2D eigenvalue weighted by molar-refractivity contribution is 0.0956. The van der Waals surface area contributed by atoms with Crippen LogP contribution in [0.4, 0.5) is 5.69 Å². The summed E-state index contributed by atoms with van der Waals surface area (Å²) in [6.45, 7) is 2.36. The minimum Gasteiger partial charge on any atom is -0.351 e. The third-order valence-corrected chi connectivity index (χ3v) is 7.66. The molecular formula is C23H22Cl2N2O3S2. The maximum absolute atomic E-state index is 12.6. The molecule has 9 heteroatoms. The Hall–Kier alpha value is -2.19. The molecule has 5 nitrogen and oxygen atoms in total. The van der Waals surface area contributed by atoms with Gasteiger partial charge < -0.3 is 5.32 Å². The molecule has 3 rings (SSSR count). The fourth-order valence-electron chi connectivity index (χ4n) is 2.81. The van der Waals surface area contributed by atoms with Gasteiger partial charge in [0.05, 0.1) is 14.9 Å². The average molecular weight is 509 g/mol. The summed E-state index contributed by atoms with van der Waals surface area (Å²) in [7, 11) is -3.73. The summed E-state index contributed by atoms with van der Waals surface area (Å²) in [6, 6.07) is 18.5. The van der Waals surface area contributed by atoms with Crippen LogP contribution in [-0.4, -0.2) is 26.6 Å². The molecule has 1 amide bonds. The van der Waals surface area contributed by atoms with E-state index in [2.05, 4.69) is 10.0 Å². The average Bonchev–Trinajstić information content (AvgIpc) is 2.76. The monoisotopic (exact) mass is 508 g/mol. The minimum absolute atomic E-state index is 0.164. The van der Waals surface area contributed by atoms with Gasteiger partial charge in [-0.3, -0.25) is 9.52 Å². The third kappa shape index (κ3) is 6.90. The van der Waals surface area contributed by atoms with Gasteiger partial charge in [0.2, 0.25) is 0 Å². The predicted molar refractivity (Wildman–Crippen MR) is 133 cm³/mol. The van der Waals surface area contributed by atoms with Gasteiger partial charge in [0.15, 0.2) is 0 Å². The van der Waals surface area contributed by atoms with E-state index in [1.807, 2.05) is 19.1 Å². The maximum Gasteiger partial charge on any atom is 0.261 e. The number of nitrogens with one attached hydrogen (secondary N) is 2. The molecule has 0 aliphatic heterocycles. The smallest absolute Gasteiger partial charge is 0.261 e. The van der Waals surface area contributed by atoms with E-state index < -0.39 is 10.0 Å². The Morgan fingerprint density at radius 2 is 1.72 bits per heavy atom. The van der Waals surface area contributed by atoms with E-state index in [4.69, 9.17) is 23.2 Å². The van der Waals surface area contributed by atoms with Gasteiger partial charge in [0.1, 0.15) is 0 Å². The van der Waals surface area contributed by atoms with Gasteiger partial charge in [-0.1, -0.05) is 53.0 Å². The highest BCUT2D eigenvalue weighted by molar-refractivity contribution is 7.98. The van der Waals surface area contributed by atoms with E-state index in [1.54, 1.807) is 60.3 Å². The van der Waals surface area contributed by atoms with Gasteiger partial charge in [-0.25, -0.2) is 8.42 Å². The minimum atomic E-state index is -3.73. The van der Waals surface area contributed by atoms with Crippen molar-refractivity contribution in [3.05, 3.63) is 93.5 Å². The van der Waals surface area contributed by atoms with Crippen LogP contribution in [0.2, 0.25) is 10.0 Å². The van der Waals surface area contributed by atoms with Crippen molar-refractivity contribution >= 4 is 56.6 Å². The first kappa shape index (κ1) is 24.5. The van der Waals surface area contributed by atoms with Crippen molar-refractivity contribution in [1.82, 2.24) is 5.32 Å². The Kier molecular flexibility index (Phi) is 8.48. The van der Waals surface area contributed by atoms with Crippen molar-refractivity contribution in [2.45, 2.75) is 17.6 Å². The van der Waals surface area contributed by atoms with Gasteiger partial charge in [-0.2, -0.15) is 11.8 Å². The number of thioether (sulfide) groups is 1. The number of carbonyl (C=O) groups is 1. The molecule has 0 aliphatic carbocycles. The number of anilines is 1. The Morgan fingerprint density at radius 3 is 2.44 bits per heavy atom. The summed E-state index contributed by atoms with van der Waals surface area (Å²) in [4.78, 5) is 12.6. The van der Waals surface area contributed by atoms with Crippen LogP contribution in [0.3, 0.4) is 0 Å². The summed E-state index contributed by atoms with van der Waals surface area (Å²) in [5.74, 6) is 1.20. The second kappa shape index (κ2) is 11.1. The number of sulfonamides is 1. The highest BCUT2D eigenvalue weighted by Gasteiger charge is 2.15. The van der Waals surface area contributed by atoms with Crippen molar-refractivity contribution in [2.24, 2.45) is 0 Å². The first-order valence-corrected chi connectivity index (χ1v) is 13.1. The fourth-order valence-corrected chi connectivity index (χ4v) is 4.99. The molecule has 3 aromatic rings. The number of benzene rings is 3. The summed E-state index contributed by atoms with van der Waals surface area (Å²) < 4.78 is 27.6. The van der Waals surface area contributed by atoms with Crippen molar-refractivity contribution in [3.8, 4) is 0 Å². The summed E-state index contributed by atoms with van der Waals surface area (Å²) >= 11 is 13.6. The summed E-state index contributed by atoms with van der Waals surface area (Å²) in [5.41, 5.74) is 2.73. The van der Waals surface area contributed by atoms with Crippen LogP contribution < -0.4 is 10.0 Å². The van der Waals surface area contributed by atoms with Crippen LogP contribution in [0.25, 0.3) is 0 Å². The highest BCUT2D eigenvalue weighted by atomic mass is 35.5. The predicted octanol–water partition coefficient (Wildman–Crippen LogP) is 5.77. The van der Waals surface area contributed by atoms with E-state index in [0.717, 1.165) is 16.9 Å². The van der Waals surface area contributed by atoms with Crippen LogP contribution in [0, 0.1) is 6.92 Å². The van der Waals surface area contributed by atoms with Crippen LogP contribution in [0.15, 0.2) is 71.6 Å². The lowest BCUT2D eigenvalue weighted by atomic mass is 10.2. The van der Waals surface area contributed by atoms with Crippen molar-refractivity contribution in [1.29, 1.82) is 0 Å². The lowest BCUT2D eigenvalue weighted by Crippen LogP contribution is -2.26. The molecule has 0 heterocycles. The first-order chi connectivity index (χ1) is 15.2. The van der Waals surface area contributed by atoms with Gasteiger partial charge in [-0.05, 0) is 55.0 Å². The van der Waals surface area contributed by atoms with Gasteiger partial charge in [0, 0.05) is 29.3 Å². The Morgan fingerprint density at radius 1 is 0.969 bits per heavy atom. The highest BCUT2D eigenvalue weighted by Crippen LogP contribution is 2.24. The molecule has 0 fully saturated rings. The molecule has 0 aromatic heterocycles. The summed E-state index contributed by atoms with van der Waals surface area (Å²) in [6.07, 6.45) is 0. The number of hydrogen-bond donors (Lipinski definition) is 2. The standard InChI is InChI=1S/C23H22Cl2N2O3S2/c1-16-5-8-20(9-6-16)32(29,30)27-19-4-2-3-18(14-19)23(28)26-11-12-31-15-17-7-10-21(24)22(25)13-17/h2-10,13-14,27H,11-12,15H2,1H3,(H,26,28). The molecule has 0 spiro atoms. The molecule has 0 saturated carbocycles. The van der Waals surface area contributed by atoms with Crippen LogP contribution in [0.1, 0.15) is 21.5 Å². The number of halogens is 2. The first-order valence-electron chi connectivity index (χ1n) is 9.74. The van der Waals surface area contributed by atoms with Gasteiger partial charge in [0.25, 0.3) is 15.9 Å².